The van der Waals surface area contributed by atoms with Crippen molar-refractivity contribution in [2.24, 2.45) is 0 Å². The summed E-state index contributed by atoms with van der Waals surface area (Å²) in [6.45, 7) is 1.46. The molecule has 0 radical (unpaired) electrons. The van der Waals surface area contributed by atoms with E-state index in [2.05, 4.69) is 20.9 Å². The zero-order chi connectivity index (χ0) is 12.3. The van der Waals surface area contributed by atoms with E-state index in [1.54, 1.807) is 0 Å². The maximum atomic E-state index is 12.6. The largest absolute Gasteiger partial charge is 0.481 e. The number of alkyl halides is 3. The van der Waals surface area contributed by atoms with Crippen LogP contribution in [0.25, 0.3) is 0 Å². The van der Waals surface area contributed by atoms with Gasteiger partial charge in [-0.3, -0.25) is 9.78 Å². The molecule has 0 atom stereocenters. The van der Waals surface area contributed by atoms with E-state index in [1.807, 2.05) is 0 Å². The zero-order valence-electron chi connectivity index (χ0n) is 8.51. The first-order valence-corrected chi connectivity index (χ1v) is 5.63. The summed E-state index contributed by atoms with van der Waals surface area (Å²) >= 11 is 3.11. The van der Waals surface area contributed by atoms with Gasteiger partial charge >= 0.3 is 5.97 Å². The van der Waals surface area contributed by atoms with Crippen LogP contribution in [0.15, 0.2) is 6.07 Å². The van der Waals surface area contributed by atoms with Crippen molar-refractivity contribution in [1.82, 2.24) is 4.98 Å². The van der Waals surface area contributed by atoms with Crippen LogP contribution in [0.2, 0.25) is 0 Å². The molecule has 0 bridgehead atoms. The first-order chi connectivity index (χ1) is 7.45. The number of carboxylic acids is 1. The molecule has 0 unspecified atom stereocenters. The Morgan fingerprint density at radius 2 is 2.25 bits per heavy atom. The summed E-state index contributed by atoms with van der Waals surface area (Å²) in [6, 6.07) is 1.53. The highest BCUT2D eigenvalue weighted by Crippen LogP contribution is 2.24. The minimum atomic E-state index is -2.69. The summed E-state index contributed by atoms with van der Waals surface area (Å²) in [4.78, 5) is 14.4. The molecule has 0 amide bonds. The molecule has 0 aliphatic rings. The predicted molar refractivity (Wildman–Crippen MR) is 57.9 cm³/mol. The lowest BCUT2D eigenvalue weighted by molar-refractivity contribution is -0.136. The van der Waals surface area contributed by atoms with Crippen LogP contribution in [0.4, 0.5) is 8.78 Å². The monoisotopic (exact) mass is 293 g/mol. The molecule has 0 aliphatic heterocycles. The molecule has 1 N–H and O–H groups in total. The highest BCUT2D eigenvalue weighted by Gasteiger charge is 2.17. The van der Waals surface area contributed by atoms with Crippen LogP contribution >= 0.6 is 15.9 Å². The first kappa shape index (κ1) is 13.0. The van der Waals surface area contributed by atoms with Crippen LogP contribution in [-0.4, -0.2) is 16.1 Å². The minimum absolute atomic E-state index is 0.252. The van der Waals surface area contributed by atoms with Crippen molar-refractivity contribution in [2.75, 3.05) is 0 Å². The summed E-state index contributed by atoms with van der Waals surface area (Å²) in [7, 11) is 0. The number of nitrogens with zero attached hydrogens (tertiary/aromatic N) is 1. The molecule has 1 aromatic heterocycles. The second-order valence-electron chi connectivity index (χ2n) is 3.29. The van der Waals surface area contributed by atoms with E-state index in [4.69, 9.17) is 5.11 Å². The molecular formula is C10H10BrF2NO2. The molecule has 16 heavy (non-hydrogen) atoms. The molecule has 0 saturated heterocycles. The van der Waals surface area contributed by atoms with Crippen LogP contribution in [-0.2, 0) is 16.5 Å². The van der Waals surface area contributed by atoms with Gasteiger partial charge in [0.25, 0.3) is 6.43 Å². The topological polar surface area (TPSA) is 50.2 Å². The van der Waals surface area contributed by atoms with Gasteiger partial charge in [0.05, 0.1) is 12.1 Å². The molecule has 0 aliphatic carbocycles. The predicted octanol–water partition coefficient (Wildman–Crippen LogP) is 2.85. The zero-order valence-corrected chi connectivity index (χ0v) is 10.1. The van der Waals surface area contributed by atoms with Gasteiger partial charge in [0.2, 0.25) is 0 Å². The minimum Gasteiger partial charge on any atom is -0.481 e. The Kier molecular flexibility index (Phi) is 4.35. The number of hydrogen-bond donors (Lipinski definition) is 1. The molecule has 1 rings (SSSR count). The van der Waals surface area contributed by atoms with Gasteiger partial charge in [0, 0.05) is 5.33 Å². The Bertz CT molecular complexity index is 410. The summed E-state index contributed by atoms with van der Waals surface area (Å²) in [6.07, 6.45) is -2.96. The number of aliphatic carboxylic acids is 1. The average Bonchev–Trinajstić information content (AvgIpc) is 2.19. The SMILES string of the molecule is Cc1c(CC(=O)O)cc(CBr)nc1C(F)F. The molecule has 1 aromatic rings. The molecule has 1 heterocycles. The fraction of sp³-hybridized carbons (Fsp3) is 0.400. The third-order valence-electron chi connectivity index (χ3n) is 2.16. The van der Waals surface area contributed by atoms with Gasteiger partial charge in [-0.25, -0.2) is 8.78 Å². The van der Waals surface area contributed by atoms with Crippen LogP contribution in [0.5, 0.6) is 0 Å². The maximum Gasteiger partial charge on any atom is 0.307 e. The number of aromatic nitrogens is 1. The van der Waals surface area contributed by atoms with E-state index >= 15 is 0 Å². The molecule has 0 fully saturated rings. The van der Waals surface area contributed by atoms with Crippen molar-refractivity contribution in [3.05, 3.63) is 28.6 Å². The lowest BCUT2D eigenvalue weighted by Crippen LogP contribution is -2.07. The van der Waals surface area contributed by atoms with Crippen molar-refractivity contribution < 1.29 is 18.7 Å². The van der Waals surface area contributed by atoms with E-state index in [-0.39, 0.29) is 17.7 Å². The van der Waals surface area contributed by atoms with Crippen LogP contribution in [0.1, 0.15) is 28.9 Å². The van der Waals surface area contributed by atoms with Crippen LogP contribution < -0.4 is 0 Å². The molecule has 88 valence electrons. The van der Waals surface area contributed by atoms with E-state index < -0.39 is 12.4 Å². The maximum absolute atomic E-state index is 12.6. The normalized spacial score (nSPS) is 10.8. The van der Waals surface area contributed by atoms with Gasteiger partial charge in [-0.15, -0.1) is 0 Å². The average molecular weight is 294 g/mol. The van der Waals surface area contributed by atoms with Crippen LogP contribution in [0.3, 0.4) is 0 Å². The summed E-state index contributed by atoms with van der Waals surface area (Å²) in [5.41, 5.74) is 0.708. The van der Waals surface area contributed by atoms with Gasteiger partial charge in [0.15, 0.2) is 0 Å². The lowest BCUT2D eigenvalue weighted by atomic mass is 10.0. The second kappa shape index (κ2) is 5.34. The molecule has 3 nitrogen and oxygen atoms in total. The smallest absolute Gasteiger partial charge is 0.307 e. The quantitative estimate of drug-likeness (QED) is 0.869. The lowest BCUT2D eigenvalue weighted by Gasteiger charge is -2.10. The Balaban J connectivity index is 3.25. The van der Waals surface area contributed by atoms with Gasteiger partial charge in [0.1, 0.15) is 5.69 Å². The number of pyridine rings is 1. The summed E-state index contributed by atoms with van der Waals surface area (Å²) < 4.78 is 25.3. The Morgan fingerprint density at radius 3 is 2.69 bits per heavy atom. The number of carbonyl (C=O) groups is 1. The highest BCUT2D eigenvalue weighted by molar-refractivity contribution is 9.08. The molecule has 0 saturated carbocycles. The highest BCUT2D eigenvalue weighted by atomic mass is 79.9. The van der Waals surface area contributed by atoms with Crippen molar-refractivity contribution in [3.63, 3.8) is 0 Å². The molecular weight excluding hydrogens is 284 g/mol. The number of rotatable bonds is 4. The Labute approximate surface area is 99.6 Å². The third kappa shape index (κ3) is 2.98. The van der Waals surface area contributed by atoms with Gasteiger partial charge in [-0.05, 0) is 24.1 Å². The molecule has 0 aromatic carbocycles. The van der Waals surface area contributed by atoms with E-state index in [9.17, 15) is 13.6 Å². The van der Waals surface area contributed by atoms with Crippen molar-refractivity contribution >= 4 is 21.9 Å². The number of carboxylic acid groups (broad SMARTS) is 1. The van der Waals surface area contributed by atoms with Crippen molar-refractivity contribution in [1.29, 1.82) is 0 Å². The fourth-order valence-electron chi connectivity index (χ4n) is 1.37. The molecule has 6 heteroatoms. The van der Waals surface area contributed by atoms with Crippen molar-refractivity contribution in [3.8, 4) is 0 Å². The summed E-state index contributed by atoms with van der Waals surface area (Å²) in [5, 5.41) is 8.98. The third-order valence-corrected chi connectivity index (χ3v) is 2.73. The molecule has 0 spiro atoms. The number of hydrogen-bond acceptors (Lipinski definition) is 2. The number of halogens is 3. The van der Waals surface area contributed by atoms with Crippen LogP contribution in [0, 0.1) is 6.92 Å². The Hall–Kier alpha value is -1.04. The second-order valence-corrected chi connectivity index (χ2v) is 3.85. The van der Waals surface area contributed by atoms with Gasteiger partial charge in [-0.2, -0.15) is 0 Å². The van der Waals surface area contributed by atoms with Gasteiger partial charge < -0.3 is 5.11 Å². The van der Waals surface area contributed by atoms with E-state index in [0.29, 0.717) is 16.6 Å². The van der Waals surface area contributed by atoms with Crippen molar-refractivity contribution in [2.45, 2.75) is 25.1 Å². The van der Waals surface area contributed by atoms with Gasteiger partial charge in [-0.1, -0.05) is 15.9 Å². The van der Waals surface area contributed by atoms with E-state index in [0.717, 1.165) is 0 Å². The fourth-order valence-corrected chi connectivity index (χ4v) is 1.66. The summed E-state index contributed by atoms with van der Waals surface area (Å²) in [5.74, 6) is -1.05. The van der Waals surface area contributed by atoms with E-state index in [1.165, 1.54) is 13.0 Å². The Morgan fingerprint density at radius 1 is 1.62 bits per heavy atom. The standard InChI is InChI=1S/C10H10BrF2NO2/c1-5-6(3-8(15)16)2-7(4-11)14-9(5)10(12)13/h2,10H,3-4H2,1H3,(H,15,16). The first-order valence-electron chi connectivity index (χ1n) is 4.51.